The van der Waals surface area contributed by atoms with Gasteiger partial charge in [-0.3, -0.25) is 0 Å². The van der Waals surface area contributed by atoms with Gasteiger partial charge in [-0.05, 0) is 31.6 Å². The second-order valence-corrected chi connectivity index (χ2v) is 6.63. The Hall–Kier alpha value is -1.65. The molecular weight excluding hydrogens is 262 g/mol. The summed E-state index contributed by atoms with van der Waals surface area (Å²) >= 11 is 0. The van der Waals surface area contributed by atoms with E-state index in [1.54, 1.807) is 6.33 Å². The van der Waals surface area contributed by atoms with E-state index in [-0.39, 0.29) is 0 Å². The highest BCUT2D eigenvalue weighted by Crippen LogP contribution is 2.27. The number of aromatic nitrogens is 4. The SMILES string of the molecule is Cc1cc(N2CCC(CCC(C)C)CC2)n2ncnc2n1. The molecule has 1 aliphatic rings. The number of piperidine rings is 1. The summed E-state index contributed by atoms with van der Waals surface area (Å²) in [5, 5.41) is 4.31. The van der Waals surface area contributed by atoms with Crippen molar-refractivity contribution < 1.29 is 0 Å². The molecule has 0 atom stereocenters. The molecule has 1 aliphatic heterocycles. The topological polar surface area (TPSA) is 46.3 Å². The van der Waals surface area contributed by atoms with Crippen LogP contribution in [0.3, 0.4) is 0 Å². The first-order chi connectivity index (χ1) is 10.1. The van der Waals surface area contributed by atoms with Crippen LogP contribution in [-0.2, 0) is 0 Å². The molecule has 2 aromatic rings. The lowest BCUT2D eigenvalue weighted by Gasteiger charge is -2.33. The molecule has 0 aliphatic carbocycles. The van der Waals surface area contributed by atoms with Crippen molar-refractivity contribution >= 4 is 11.6 Å². The van der Waals surface area contributed by atoms with Crippen molar-refractivity contribution in [2.24, 2.45) is 11.8 Å². The molecule has 3 rings (SSSR count). The number of anilines is 1. The van der Waals surface area contributed by atoms with Crippen molar-refractivity contribution in [3.8, 4) is 0 Å². The Balaban J connectivity index is 1.69. The van der Waals surface area contributed by atoms with E-state index in [0.29, 0.717) is 5.78 Å². The van der Waals surface area contributed by atoms with Crippen LogP contribution in [0.1, 0.15) is 45.2 Å². The fourth-order valence-electron chi connectivity index (χ4n) is 3.16. The van der Waals surface area contributed by atoms with Gasteiger partial charge in [-0.25, -0.2) is 4.98 Å². The van der Waals surface area contributed by atoms with E-state index in [9.17, 15) is 0 Å². The van der Waals surface area contributed by atoms with E-state index in [0.717, 1.165) is 36.4 Å². The molecule has 0 aromatic carbocycles. The van der Waals surface area contributed by atoms with Crippen LogP contribution in [-0.4, -0.2) is 32.7 Å². The molecule has 0 unspecified atom stereocenters. The number of aryl methyl sites for hydroxylation is 1. The standard InChI is InChI=1S/C16H25N5/c1-12(2)4-5-14-6-8-20(9-7-14)15-10-13(3)19-16-17-11-18-21(15)16/h10-12,14H,4-9H2,1-3H3. The molecule has 114 valence electrons. The quantitative estimate of drug-likeness (QED) is 0.867. The van der Waals surface area contributed by atoms with Crippen molar-refractivity contribution in [2.75, 3.05) is 18.0 Å². The fraction of sp³-hybridized carbons (Fsp3) is 0.688. The predicted octanol–water partition coefficient (Wildman–Crippen LogP) is 3.09. The third kappa shape index (κ3) is 3.17. The van der Waals surface area contributed by atoms with Gasteiger partial charge in [-0.15, -0.1) is 0 Å². The Morgan fingerprint density at radius 3 is 2.76 bits per heavy atom. The Morgan fingerprint density at radius 1 is 1.29 bits per heavy atom. The maximum absolute atomic E-state index is 4.42. The first kappa shape index (κ1) is 14.3. The molecule has 0 saturated carbocycles. The first-order valence-electron chi connectivity index (χ1n) is 8.06. The van der Waals surface area contributed by atoms with Crippen LogP contribution >= 0.6 is 0 Å². The number of hydrogen-bond acceptors (Lipinski definition) is 4. The van der Waals surface area contributed by atoms with Gasteiger partial charge in [0.1, 0.15) is 12.1 Å². The summed E-state index contributed by atoms with van der Waals surface area (Å²) in [6, 6.07) is 2.12. The van der Waals surface area contributed by atoms with Crippen LogP contribution < -0.4 is 4.90 Å². The summed E-state index contributed by atoms with van der Waals surface area (Å²) in [6.45, 7) is 8.88. The highest BCUT2D eigenvalue weighted by atomic mass is 15.4. The van der Waals surface area contributed by atoms with Gasteiger partial charge in [0.2, 0.25) is 0 Å². The number of fused-ring (bicyclic) bond motifs is 1. The van der Waals surface area contributed by atoms with Crippen LogP contribution in [0, 0.1) is 18.8 Å². The van der Waals surface area contributed by atoms with Crippen LogP contribution in [0.15, 0.2) is 12.4 Å². The summed E-state index contributed by atoms with van der Waals surface area (Å²) in [5.41, 5.74) is 1.01. The van der Waals surface area contributed by atoms with Gasteiger partial charge >= 0.3 is 0 Å². The summed E-state index contributed by atoms with van der Waals surface area (Å²) < 4.78 is 1.86. The van der Waals surface area contributed by atoms with Gasteiger partial charge in [0.15, 0.2) is 0 Å². The van der Waals surface area contributed by atoms with Gasteiger partial charge in [0.25, 0.3) is 5.78 Å². The summed E-state index contributed by atoms with van der Waals surface area (Å²) in [7, 11) is 0. The molecular formula is C16H25N5. The van der Waals surface area contributed by atoms with Gasteiger partial charge in [0, 0.05) is 24.8 Å². The second kappa shape index (κ2) is 6.00. The first-order valence-corrected chi connectivity index (χ1v) is 8.06. The Labute approximate surface area is 126 Å². The highest BCUT2D eigenvalue weighted by molar-refractivity contribution is 5.47. The largest absolute Gasteiger partial charge is 0.356 e. The van der Waals surface area contributed by atoms with Gasteiger partial charge in [-0.1, -0.05) is 26.7 Å². The summed E-state index contributed by atoms with van der Waals surface area (Å²) in [4.78, 5) is 11.1. The molecule has 5 heteroatoms. The molecule has 5 nitrogen and oxygen atoms in total. The van der Waals surface area contributed by atoms with Crippen LogP contribution in [0.5, 0.6) is 0 Å². The monoisotopic (exact) mass is 287 g/mol. The Kier molecular flexibility index (Phi) is 4.08. The third-order valence-corrected chi connectivity index (χ3v) is 4.45. The Morgan fingerprint density at radius 2 is 2.05 bits per heavy atom. The zero-order valence-electron chi connectivity index (χ0n) is 13.3. The highest BCUT2D eigenvalue weighted by Gasteiger charge is 2.21. The molecule has 21 heavy (non-hydrogen) atoms. The van der Waals surface area contributed by atoms with Crippen LogP contribution in [0.2, 0.25) is 0 Å². The minimum atomic E-state index is 0.701. The predicted molar refractivity (Wildman–Crippen MR) is 84.5 cm³/mol. The van der Waals surface area contributed by atoms with Gasteiger partial charge in [0.05, 0.1) is 0 Å². The van der Waals surface area contributed by atoms with Gasteiger partial charge < -0.3 is 4.90 Å². The van der Waals surface area contributed by atoms with Crippen molar-refractivity contribution in [2.45, 2.75) is 46.5 Å². The number of rotatable bonds is 4. The van der Waals surface area contributed by atoms with Crippen molar-refractivity contribution in [3.05, 3.63) is 18.1 Å². The maximum atomic E-state index is 4.42. The van der Waals surface area contributed by atoms with E-state index >= 15 is 0 Å². The van der Waals surface area contributed by atoms with E-state index in [4.69, 9.17) is 0 Å². The average Bonchev–Trinajstić information content (AvgIpc) is 2.93. The van der Waals surface area contributed by atoms with Crippen molar-refractivity contribution in [3.63, 3.8) is 0 Å². The normalized spacial score (nSPS) is 17.0. The summed E-state index contributed by atoms with van der Waals surface area (Å²) in [6.07, 6.45) is 6.88. The van der Waals surface area contributed by atoms with Crippen molar-refractivity contribution in [1.82, 2.24) is 19.6 Å². The fourth-order valence-corrected chi connectivity index (χ4v) is 3.16. The van der Waals surface area contributed by atoms with E-state index in [1.807, 2.05) is 11.4 Å². The minimum absolute atomic E-state index is 0.701. The molecule has 0 bridgehead atoms. The third-order valence-electron chi connectivity index (χ3n) is 4.45. The summed E-state index contributed by atoms with van der Waals surface area (Å²) in [5.74, 6) is 3.54. The molecule has 0 spiro atoms. The zero-order valence-corrected chi connectivity index (χ0v) is 13.3. The van der Waals surface area contributed by atoms with Crippen molar-refractivity contribution in [1.29, 1.82) is 0 Å². The van der Waals surface area contributed by atoms with E-state index < -0.39 is 0 Å². The lowest BCUT2D eigenvalue weighted by atomic mass is 9.89. The zero-order chi connectivity index (χ0) is 14.8. The molecule has 3 heterocycles. The van der Waals surface area contributed by atoms with Crippen LogP contribution in [0.4, 0.5) is 5.82 Å². The second-order valence-electron chi connectivity index (χ2n) is 6.63. The maximum Gasteiger partial charge on any atom is 0.254 e. The molecule has 0 N–H and O–H groups in total. The van der Waals surface area contributed by atoms with Crippen LogP contribution in [0.25, 0.3) is 5.78 Å². The lowest BCUT2D eigenvalue weighted by molar-refractivity contribution is 0.350. The molecule has 0 amide bonds. The molecule has 2 aromatic heterocycles. The average molecular weight is 287 g/mol. The molecule has 0 radical (unpaired) electrons. The molecule has 1 fully saturated rings. The smallest absolute Gasteiger partial charge is 0.254 e. The molecule has 1 saturated heterocycles. The minimum Gasteiger partial charge on any atom is -0.356 e. The van der Waals surface area contributed by atoms with Gasteiger partial charge in [-0.2, -0.15) is 14.6 Å². The Bertz CT molecular complexity index is 596. The lowest BCUT2D eigenvalue weighted by Crippen LogP contribution is -2.35. The number of hydrogen-bond donors (Lipinski definition) is 0. The number of nitrogens with zero attached hydrogens (tertiary/aromatic N) is 5. The van der Waals surface area contributed by atoms with E-state index in [2.05, 4.69) is 39.9 Å². The van der Waals surface area contributed by atoms with E-state index in [1.165, 1.54) is 25.7 Å².